The van der Waals surface area contributed by atoms with E-state index in [4.69, 9.17) is 30.6 Å². The van der Waals surface area contributed by atoms with Crippen LogP contribution in [-0.2, 0) is 81.4 Å². The Bertz CT molecular complexity index is 4500. The molecule has 19 nitrogen and oxygen atoms in total. The number of hydrogen-bond acceptors (Lipinski definition) is 14. The number of nitrogens with zero attached hydrogens (tertiary/aromatic N) is 13. The van der Waals surface area contributed by atoms with Gasteiger partial charge in [0.15, 0.2) is 0 Å². The maximum Gasteiger partial charge on any atom is 0.135 e. The summed E-state index contributed by atoms with van der Waals surface area (Å²) in [6, 6.07) is 83.6. The molecule has 15 rings (SSSR count). The number of rotatable bonds is 15. The zero-order valence-corrected chi connectivity index (χ0v) is 76.5. The van der Waals surface area contributed by atoms with E-state index in [0.29, 0.717) is 36.4 Å². The molecule has 0 aliphatic carbocycles. The van der Waals surface area contributed by atoms with E-state index in [-0.39, 0.29) is 135 Å². The summed E-state index contributed by atoms with van der Waals surface area (Å²) in [6.45, 7) is 13.4. The third-order valence-corrected chi connectivity index (χ3v) is 14.7. The predicted octanol–water partition coefficient (Wildman–Crippen LogP) is 17.6. The van der Waals surface area contributed by atoms with Gasteiger partial charge in [-0.3, -0.25) is 31.9 Å². The Balaban J connectivity index is 0.000000668. The molecule has 0 fully saturated rings. The molecule has 0 saturated carbocycles. The van der Waals surface area contributed by atoms with Crippen molar-refractivity contribution in [2.24, 2.45) is 4.99 Å². The fourth-order valence-electron chi connectivity index (χ4n) is 9.69. The second-order valence-electron chi connectivity index (χ2n) is 25.0. The van der Waals surface area contributed by atoms with Gasteiger partial charge in [-0.1, -0.05) is 109 Å². The van der Waals surface area contributed by atoms with Crippen molar-refractivity contribution in [3.05, 3.63) is 400 Å². The van der Waals surface area contributed by atoms with Gasteiger partial charge in [-0.05, 0) is 181 Å². The molecule has 7 heterocycles. The summed E-state index contributed by atoms with van der Waals surface area (Å²) in [4.78, 5) is 11.7. The van der Waals surface area contributed by atoms with Gasteiger partial charge in [-0.2, -0.15) is 74.0 Å². The average molecular weight is 2360 g/mol. The summed E-state index contributed by atoms with van der Waals surface area (Å²) < 4.78 is 86.3. The molecule has 3 radical (unpaired) electrons. The predicted molar refractivity (Wildman–Crippen MR) is 445 cm³/mol. The van der Waals surface area contributed by atoms with Crippen molar-refractivity contribution in [2.45, 2.75) is 97.4 Å². The van der Waals surface area contributed by atoms with Crippen LogP contribution in [0.15, 0.2) is 341 Å². The van der Waals surface area contributed by atoms with E-state index in [1.165, 1.54) is 25.3 Å². The molecule has 6 N–H and O–H groups in total. The third-order valence-electron chi connectivity index (χ3n) is 14.7. The van der Waals surface area contributed by atoms with E-state index in [0.717, 1.165) is 58.8 Å². The summed E-state index contributed by atoms with van der Waals surface area (Å²) in [7, 11) is 1.53. The van der Waals surface area contributed by atoms with Crippen molar-refractivity contribution >= 4 is 5.71 Å². The van der Waals surface area contributed by atoms with Crippen molar-refractivity contribution in [3.8, 4) is 51.0 Å². The van der Waals surface area contributed by atoms with Crippen LogP contribution in [-0.4, -0.2) is 139 Å². The molecule has 7 aromatic heterocycles. The van der Waals surface area contributed by atoms with Gasteiger partial charge in [0.25, 0.3) is 0 Å². The number of aliphatic hydroxyl groups excluding tert-OH is 6. The molecule has 0 aliphatic rings. The van der Waals surface area contributed by atoms with Gasteiger partial charge >= 0.3 is 0 Å². The molecule has 647 valence electrons. The van der Waals surface area contributed by atoms with Crippen LogP contribution >= 0.6 is 0 Å². The fraction of sp³-hybridized carbons (Fsp3) is 0.174. The first-order chi connectivity index (χ1) is 56.4. The Labute approximate surface area is 757 Å². The molecule has 8 aromatic carbocycles. The van der Waals surface area contributed by atoms with Crippen molar-refractivity contribution in [1.82, 2.24) is 58.9 Å². The number of halogens is 6. The average Bonchev–Trinajstić information content (AvgIpc) is 1.85. The van der Waals surface area contributed by atoms with Crippen LogP contribution in [0.5, 0.6) is 0 Å². The number of para-hydroxylation sites is 5. The number of aromatic nitrogens is 12. The number of hydrogen-bond donors (Lipinski definition) is 6. The first-order valence-corrected chi connectivity index (χ1v) is 36.7. The van der Waals surface area contributed by atoms with Crippen LogP contribution in [0, 0.1) is 59.2 Å². The summed E-state index contributed by atoms with van der Waals surface area (Å²) in [6.07, 6.45) is 22.1. The van der Waals surface area contributed by atoms with Crippen molar-refractivity contribution in [2.75, 3.05) is 7.05 Å². The minimum atomic E-state index is -0.649. The molecule has 15 aromatic rings. The second kappa shape index (κ2) is 63.5. The van der Waals surface area contributed by atoms with Gasteiger partial charge in [0.05, 0.1) is 59.4 Å². The Morgan fingerprint density at radius 1 is 0.364 bits per heavy atom. The Morgan fingerprint density at radius 3 is 0.893 bits per heavy atom. The smallest absolute Gasteiger partial charge is 0.135 e. The first kappa shape index (κ1) is 109. The largest absolute Gasteiger partial charge is 0.393 e. The maximum absolute atomic E-state index is 13.2. The summed E-state index contributed by atoms with van der Waals surface area (Å²) >= 11 is 0. The van der Waals surface area contributed by atoms with E-state index < -0.39 is 34.9 Å². The van der Waals surface area contributed by atoms with Crippen LogP contribution in [0.1, 0.15) is 66.4 Å². The van der Waals surface area contributed by atoms with Crippen LogP contribution < -0.4 is 0 Å². The maximum atomic E-state index is 13.2. The van der Waals surface area contributed by atoms with Crippen LogP contribution in [0.25, 0.3) is 51.0 Å². The Kier molecular flexibility index (Phi) is 56.9. The minimum Gasteiger partial charge on any atom is -0.393 e. The number of aliphatic imine (C=N–C) groups is 1. The third kappa shape index (κ3) is 45.1. The number of allylic oxidation sites excluding steroid dienone is 1. The Hall–Kier alpha value is -10.5. The first-order valence-electron chi connectivity index (χ1n) is 36.7. The fourth-order valence-corrected chi connectivity index (χ4v) is 9.69. The van der Waals surface area contributed by atoms with E-state index in [2.05, 4.69) is 71.3 Å². The van der Waals surface area contributed by atoms with Gasteiger partial charge in [-0.15, -0.1) is 36.4 Å². The summed E-state index contributed by atoms with van der Waals surface area (Å²) in [5.41, 5.74) is 7.17. The van der Waals surface area contributed by atoms with Crippen molar-refractivity contribution < 1.29 is 138 Å². The van der Waals surface area contributed by atoms with E-state index >= 15 is 0 Å². The molecule has 29 heteroatoms. The molecule has 0 amide bonds. The molecule has 0 bridgehead atoms. The van der Waals surface area contributed by atoms with Gasteiger partial charge in [0, 0.05) is 198 Å². The quantitative estimate of drug-likeness (QED) is 0.0318. The van der Waals surface area contributed by atoms with Crippen LogP contribution in [0.4, 0.5) is 26.3 Å². The number of aliphatic hydroxyl groups is 6. The SMILES string of the molecule is C=CC(=NC)c1ccc(F)cc1F.CC(O)CC(C)O.CC(O)CC(C)O.CC(O)CC(C)O.Fc1c[c-]c(-c2ccccn2)c(F)c1.Fc1c[c-]c(-c2ccccn2)c(F)c1.[Ir].[Ir].[Ir].[Pt].[c-]1ccccc1-n1cccn1.[c-]1ccccc1-n1cccn1.c1ccc(-n2cccn2)cc1.c1ccc(-n2cccn2)cc1.c1ccc(-n2cccn2)cc1. The topological polar surface area (TPSA) is 249 Å². The van der Waals surface area contributed by atoms with Gasteiger partial charge in [-0.25, -0.2) is 22.8 Å². The minimum absolute atomic E-state index is 0. The van der Waals surface area contributed by atoms with Crippen molar-refractivity contribution in [1.29, 1.82) is 0 Å². The zero-order chi connectivity index (χ0) is 85.0. The molecule has 0 aliphatic heterocycles. The van der Waals surface area contributed by atoms with Gasteiger partial charge in [0.2, 0.25) is 0 Å². The summed E-state index contributed by atoms with van der Waals surface area (Å²) in [5, 5.41) is 71.8. The van der Waals surface area contributed by atoms with E-state index in [9.17, 15) is 26.3 Å². The van der Waals surface area contributed by atoms with Crippen LogP contribution in [0.2, 0.25) is 0 Å². The number of benzene rings is 8. The van der Waals surface area contributed by atoms with Gasteiger partial charge < -0.3 is 40.6 Å². The van der Waals surface area contributed by atoms with E-state index in [1.54, 1.807) is 131 Å². The van der Waals surface area contributed by atoms with Crippen LogP contribution in [0.3, 0.4) is 0 Å². The van der Waals surface area contributed by atoms with Crippen molar-refractivity contribution in [3.63, 3.8) is 0 Å². The number of pyridine rings is 2. The zero-order valence-electron chi connectivity index (χ0n) is 67.1. The van der Waals surface area contributed by atoms with E-state index in [1.807, 2.05) is 215 Å². The monoisotopic (exact) mass is 2370 g/mol. The standard InChI is InChI=1S/2C11H6F2N.C10H9F2N.3C9H8N2.2C9H7N2.3C5H12O2.3Ir.Pt/c2*12-8-4-5-9(10(13)7-8)11-3-1-2-6-14-11;1-3-10(13-2)8-5-4-7(11)6-9(8)12;5*1-2-5-9(6-3-1)11-8-4-7-10-11;3*1-4(6)3-5(2)7;;;;/h2*1-4,6-7H;3-6H,1H2,2H3;3*1-8H;2*1-5,7-8H;3*4-7H,3H2,1-2H3;;;;/q2*-1;;;;;2*-1;;;;;;;. The Morgan fingerprint density at radius 2 is 0.661 bits per heavy atom. The normalized spacial score (nSPS) is 11.3. The molecule has 0 saturated heterocycles. The molecule has 121 heavy (non-hydrogen) atoms. The molecule has 6 unspecified atom stereocenters. The molecule has 6 atom stereocenters. The molecular weight excluding hydrogens is 2270 g/mol. The summed E-state index contributed by atoms with van der Waals surface area (Å²) in [5.74, 6) is -3.79. The second-order valence-corrected chi connectivity index (χ2v) is 25.0. The molecule has 0 spiro atoms. The van der Waals surface area contributed by atoms with Gasteiger partial charge in [0.1, 0.15) is 11.6 Å². The molecular formula is C92H95F6Ir3N13O6Pt-4.